The van der Waals surface area contributed by atoms with Gasteiger partial charge >= 0.3 is 12.3 Å². The minimum absolute atomic E-state index is 0.0536. The monoisotopic (exact) mass is 550 g/mol. The molecule has 3 N–H and O–H groups in total. The quantitative estimate of drug-likeness (QED) is 0.431. The molecule has 1 atom stereocenters. The average Bonchev–Trinajstić information content (AvgIpc) is 3.28. The number of para-hydroxylation sites is 1. The lowest BCUT2D eigenvalue weighted by atomic mass is 10.1. The molecule has 1 aromatic carbocycles. The van der Waals surface area contributed by atoms with Crippen molar-refractivity contribution < 1.29 is 37.0 Å². The van der Waals surface area contributed by atoms with Gasteiger partial charge in [0.25, 0.3) is 5.91 Å². The number of ether oxygens (including phenoxy) is 2. The molecule has 11 nitrogen and oxygen atoms in total. The Bertz CT molecular complexity index is 1180. The van der Waals surface area contributed by atoms with Crippen LogP contribution in [0.2, 0.25) is 0 Å². The number of aromatic nitrogens is 1. The molecular formula is C25H29F3N6O5. The molecule has 1 unspecified atom stereocenters. The molecule has 0 spiro atoms. The van der Waals surface area contributed by atoms with E-state index in [4.69, 9.17) is 4.74 Å². The predicted molar refractivity (Wildman–Crippen MR) is 135 cm³/mol. The number of amides is 3. The van der Waals surface area contributed by atoms with E-state index in [1.165, 1.54) is 6.07 Å². The zero-order valence-corrected chi connectivity index (χ0v) is 21.5. The summed E-state index contributed by atoms with van der Waals surface area (Å²) in [5, 5.41) is 13.8. The largest absolute Gasteiger partial charge is 0.468 e. The molecule has 2 heterocycles. The average molecular weight is 551 g/mol. The number of halogens is 3. The van der Waals surface area contributed by atoms with Gasteiger partial charge in [-0.1, -0.05) is 18.2 Å². The van der Waals surface area contributed by atoms with E-state index in [0.29, 0.717) is 0 Å². The third-order valence-corrected chi connectivity index (χ3v) is 5.01. The molecule has 0 radical (unpaired) electrons. The number of anilines is 1. The Morgan fingerprint density at radius 3 is 2.33 bits per heavy atom. The Labute approximate surface area is 222 Å². The van der Waals surface area contributed by atoms with Crippen molar-refractivity contribution in [3.05, 3.63) is 54.2 Å². The highest BCUT2D eigenvalue weighted by atomic mass is 19.4. The molecule has 39 heavy (non-hydrogen) atoms. The van der Waals surface area contributed by atoms with Crippen molar-refractivity contribution in [1.29, 1.82) is 0 Å². The van der Waals surface area contributed by atoms with E-state index in [1.54, 1.807) is 25.8 Å². The normalized spacial score (nSPS) is 15.3. The van der Waals surface area contributed by atoms with Gasteiger partial charge in [-0.3, -0.25) is 19.9 Å². The maximum absolute atomic E-state index is 13.0. The second-order valence-electron chi connectivity index (χ2n) is 9.42. The Balaban J connectivity index is 1.52. The first-order valence-electron chi connectivity index (χ1n) is 11.9. The molecule has 2 aromatic rings. The molecule has 0 saturated heterocycles. The summed E-state index contributed by atoms with van der Waals surface area (Å²) in [6.45, 7) is 3.93. The fourth-order valence-corrected chi connectivity index (χ4v) is 3.33. The molecule has 0 bridgehead atoms. The highest BCUT2D eigenvalue weighted by Gasteiger charge is 2.35. The molecule has 14 heteroatoms. The van der Waals surface area contributed by atoms with Gasteiger partial charge in [0, 0.05) is 25.4 Å². The number of carbonyl (C=O) groups excluding carboxylic acids is 3. The molecule has 1 aliphatic heterocycles. The lowest BCUT2D eigenvalue weighted by Crippen LogP contribution is -2.46. The van der Waals surface area contributed by atoms with Gasteiger partial charge in [-0.05, 0) is 39.0 Å². The molecule has 1 aliphatic rings. The first kappa shape index (κ1) is 29.2. The summed E-state index contributed by atoms with van der Waals surface area (Å²) in [7, 11) is 0. The van der Waals surface area contributed by atoms with Crippen LogP contribution in [0.15, 0.2) is 53.8 Å². The van der Waals surface area contributed by atoms with Crippen LogP contribution >= 0.6 is 0 Å². The highest BCUT2D eigenvalue weighted by molar-refractivity contribution is 6.10. The summed E-state index contributed by atoms with van der Waals surface area (Å²) in [5.74, 6) is -1.93. The lowest BCUT2D eigenvalue weighted by Gasteiger charge is -2.20. The van der Waals surface area contributed by atoms with Crippen molar-refractivity contribution in [3.8, 4) is 5.88 Å². The topological polar surface area (TPSA) is 134 Å². The Morgan fingerprint density at radius 1 is 1.03 bits per heavy atom. The smallest absolute Gasteiger partial charge is 0.422 e. The van der Waals surface area contributed by atoms with E-state index in [2.05, 4.69) is 30.8 Å². The van der Waals surface area contributed by atoms with Crippen LogP contribution in [0.4, 0.5) is 23.7 Å². The predicted octanol–water partition coefficient (Wildman–Crippen LogP) is 2.84. The fourth-order valence-electron chi connectivity index (χ4n) is 3.33. The third-order valence-electron chi connectivity index (χ3n) is 5.01. The van der Waals surface area contributed by atoms with Crippen LogP contribution in [-0.4, -0.2) is 66.7 Å². The summed E-state index contributed by atoms with van der Waals surface area (Å²) in [6.07, 6.45) is -4.16. The number of pyridine rings is 1. The summed E-state index contributed by atoms with van der Waals surface area (Å²) in [5.41, 5.74) is 0.0857. The van der Waals surface area contributed by atoms with Crippen LogP contribution < -0.4 is 25.7 Å². The number of amidine groups is 1. The van der Waals surface area contributed by atoms with Crippen molar-refractivity contribution in [2.75, 3.05) is 31.3 Å². The standard InChI is InChI=1S/C25H29F3N6O5/c1-24(2,3)39-23(37)32-20-18(14-34(33-20)17-7-5-4-6-8-17)22(36)30-12-11-29-21(35)16-9-10-19(31-13-16)38-15-25(26,27)28/h4-10,13,18H,11-12,14-15H2,1-3H3,(H,29,35)(H,30,36)(H,32,33,37). The summed E-state index contributed by atoms with van der Waals surface area (Å²) < 4.78 is 46.5. The van der Waals surface area contributed by atoms with E-state index in [9.17, 15) is 27.6 Å². The van der Waals surface area contributed by atoms with Crippen molar-refractivity contribution in [2.45, 2.75) is 32.5 Å². The summed E-state index contributed by atoms with van der Waals surface area (Å²) >= 11 is 0. The third kappa shape index (κ3) is 9.47. The maximum atomic E-state index is 13.0. The number of rotatable bonds is 8. The van der Waals surface area contributed by atoms with Crippen LogP contribution in [0.1, 0.15) is 31.1 Å². The molecule has 0 saturated carbocycles. The Hall–Kier alpha value is -4.36. The van der Waals surface area contributed by atoms with Crippen molar-refractivity contribution in [2.24, 2.45) is 11.0 Å². The van der Waals surface area contributed by atoms with Crippen LogP contribution in [-0.2, 0) is 9.53 Å². The van der Waals surface area contributed by atoms with Gasteiger partial charge < -0.3 is 20.1 Å². The van der Waals surface area contributed by atoms with E-state index >= 15 is 0 Å². The maximum Gasteiger partial charge on any atom is 0.422 e. The fraction of sp³-hybridized carbons (Fsp3) is 0.400. The van der Waals surface area contributed by atoms with Crippen molar-refractivity contribution in [1.82, 2.24) is 20.9 Å². The number of hydrazone groups is 1. The minimum atomic E-state index is -4.50. The van der Waals surface area contributed by atoms with Crippen molar-refractivity contribution >= 4 is 29.4 Å². The highest BCUT2D eigenvalue weighted by Crippen LogP contribution is 2.22. The molecule has 3 amide bonds. The summed E-state index contributed by atoms with van der Waals surface area (Å²) in [6, 6.07) is 11.5. The molecule has 210 valence electrons. The van der Waals surface area contributed by atoms with Crippen LogP contribution in [0, 0.1) is 5.92 Å². The minimum Gasteiger partial charge on any atom is -0.468 e. The van der Waals surface area contributed by atoms with Crippen LogP contribution in [0.3, 0.4) is 0 Å². The number of carbonyl (C=O) groups is 3. The first-order chi connectivity index (χ1) is 18.3. The molecular weight excluding hydrogens is 521 g/mol. The van der Waals surface area contributed by atoms with Gasteiger partial charge in [0.15, 0.2) is 6.61 Å². The van der Waals surface area contributed by atoms with Gasteiger partial charge in [-0.15, -0.1) is 0 Å². The van der Waals surface area contributed by atoms with Crippen molar-refractivity contribution in [3.63, 3.8) is 0 Å². The van der Waals surface area contributed by atoms with E-state index in [1.807, 2.05) is 30.3 Å². The molecule has 0 fully saturated rings. The number of benzene rings is 1. The number of nitrogens with zero attached hydrogens (tertiary/aromatic N) is 3. The number of nitrogens with one attached hydrogen (secondary N) is 3. The summed E-state index contributed by atoms with van der Waals surface area (Å²) in [4.78, 5) is 41.3. The Morgan fingerprint density at radius 2 is 1.72 bits per heavy atom. The van der Waals surface area contributed by atoms with Crippen LogP contribution in [0.25, 0.3) is 0 Å². The van der Waals surface area contributed by atoms with Gasteiger partial charge in [-0.2, -0.15) is 18.3 Å². The van der Waals surface area contributed by atoms with Crippen LogP contribution in [0.5, 0.6) is 5.88 Å². The van der Waals surface area contributed by atoms with E-state index < -0.39 is 42.2 Å². The van der Waals surface area contributed by atoms with Gasteiger partial charge in [0.2, 0.25) is 11.8 Å². The van der Waals surface area contributed by atoms with Gasteiger partial charge in [0.1, 0.15) is 17.4 Å². The van der Waals surface area contributed by atoms with E-state index in [0.717, 1.165) is 18.0 Å². The Kier molecular flexibility index (Phi) is 9.33. The number of alkyl carbamates (subject to hydrolysis) is 1. The molecule has 3 rings (SSSR count). The lowest BCUT2D eigenvalue weighted by molar-refractivity contribution is -0.154. The van der Waals surface area contributed by atoms with Gasteiger partial charge in [0.05, 0.1) is 17.8 Å². The zero-order chi connectivity index (χ0) is 28.6. The first-order valence-corrected chi connectivity index (χ1v) is 11.9. The second kappa shape index (κ2) is 12.5. The number of hydrogen-bond acceptors (Lipinski definition) is 8. The zero-order valence-electron chi connectivity index (χ0n) is 21.5. The van der Waals surface area contributed by atoms with E-state index in [-0.39, 0.29) is 36.9 Å². The number of hydrogen-bond donors (Lipinski definition) is 3. The second-order valence-corrected chi connectivity index (χ2v) is 9.42. The molecule has 0 aliphatic carbocycles. The SMILES string of the molecule is CC(C)(C)OC(=O)NC1=NN(c2ccccc2)CC1C(=O)NCCNC(=O)c1ccc(OCC(F)(F)F)nc1. The molecule has 1 aromatic heterocycles. The van der Waals surface area contributed by atoms with Gasteiger partial charge in [-0.25, -0.2) is 9.78 Å². The number of alkyl halides is 3.